The smallest absolute Gasteiger partial charge is 0.321 e. The number of aromatic nitrogens is 1. The van der Waals surface area contributed by atoms with Crippen molar-refractivity contribution >= 4 is 11.9 Å². The second-order valence-electron chi connectivity index (χ2n) is 3.46. The van der Waals surface area contributed by atoms with Crippen LogP contribution < -0.4 is 15.2 Å². The summed E-state index contributed by atoms with van der Waals surface area (Å²) in [5.74, 6) is -0.334. The average molecular weight is 222 g/mol. The van der Waals surface area contributed by atoms with E-state index in [1.807, 2.05) is 19.1 Å². The molecule has 0 bridgehead atoms. The SMILES string of the molecule is CCNC(=O)NC(=O)C[n+]1ccc(C)cc1. The molecule has 0 unspecified atom stereocenters. The van der Waals surface area contributed by atoms with Crippen molar-refractivity contribution in [1.29, 1.82) is 0 Å². The van der Waals surface area contributed by atoms with Crippen molar-refractivity contribution < 1.29 is 14.2 Å². The predicted octanol–water partition coefficient (Wildman–Crippen LogP) is 0.128. The second-order valence-corrected chi connectivity index (χ2v) is 3.46. The van der Waals surface area contributed by atoms with Gasteiger partial charge >= 0.3 is 6.03 Å². The largest absolute Gasteiger partial charge is 0.338 e. The molecule has 2 N–H and O–H groups in total. The number of carbonyl (C=O) groups excluding carboxylic acids is 2. The van der Waals surface area contributed by atoms with Gasteiger partial charge in [-0.15, -0.1) is 0 Å². The van der Waals surface area contributed by atoms with Gasteiger partial charge in [-0.2, -0.15) is 4.57 Å². The van der Waals surface area contributed by atoms with E-state index in [-0.39, 0.29) is 12.5 Å². The fraction of sp³-hybridized carbons (Fsp3) is 0.364. The quantitative estimate of drug-likeness (QED) is 0.714. The summed E-state index contributed by atoms with van der Waals surface area (Å²) in [4.78, 5) is 22.4. The summed E-state index contributed by atoms with van der Waals surface area (Å²) in [6.45, 7) is 4.39. The topological polar surface area (TPSA) is 62.1 Å². The molecule has 86 valence electrons. The molecule has 1 aromatic heterocycles. The van der Waals surface area contributed by atoms with Crippen molar-refractivity contribution in [2.24, 2.45) is 0 Å². The van der Waals surface area contributed by atoms with Crippen LogP contribution in [0.4, 0.5) is 4.79 Å². The Kier molecular flexibility index (Phi) is 4.44. The molecule has 0 spiro atoms. The van der Waals surface area contributed by atoms with Crippen molar-refractivity contribution in [3.63, 3.8) is 0 Å². The van der Waals surface area contributed by atoms with Crippen molar-refractivity contribution in [1.82, 2.24) is 10.6 Å². The zero-order chi connectivity index (χ0) is 12.0. The van der Waals surface area contributed by atoms with E-state index in [2.05, 4.69) is 10.6 Å². The third-order valence-electron chi connectivity index (χ3n) is 1.97. The van der Waals surface area contributed by atoms with Gasteiger partial charge in [-0.1, -0.05) is 0 Å². The monoisotopic (exact) mass is 222 g/mol. The minimum Gasteiger partial charge on any atom is -0.338 e. The van der Waals surface area contributed by atoms with E-state index in [9.17, 15) is 9.59 Å². The fourth-order valence-corrected chi connectivity index (χ4v) is 1.17. The standard InChI is InChI=1S/C11H15N3O2/c1-3-12-11(16)13-10(15)8-14-6-4-9(2)5-7-14/h4-7H,3,8H2,1-2H3,(H-,12,13,15,16)/p+1. The van der Waals surface area contributed by atoms with E-state index in [1.54, 1.807) is 23.9 Å². The van der Waals surface area contributed by atoms with E-state index >= 15 is 0 Å². The van der Waals surface area contributed by atoms with Gasteiger partial charge in [0, 0.05) is 18.7 Å². The molecule has 16 heavy (non-hydrogen) atoms. The molecule has 1 aromatic rings. The zero-order valence-corrected chi connectivity index (χ0v) is 9.49. The number of carbonyl (C=O) groups is 2. The highest BCUT2D eigenvalue weighted by Crippen LogP contribution is 1.89. The second kappa shape index (κ2) is 5.85. The maximum absolute atomic E-state index is 11.4. The molecular weight excluding hydrogens is 206 g/mol. The van der Waals surface area contributed by atoms with E-state index in [1.165, 1.54) is 0 Å². The van der Waals surface area contributed by atoms with Gasteiger partial charge in [0.05, 0.1) is 0 Å². The van der Waals surface area contributed by atoms with Crippen molar-refractivity contribution in [2.45, 2.75) is 20.4 Å². The summed E-state index contributed by atoms with van der Waals surface area (Å²) >= 11 is 0. The molecule has 3 amide bonds. The summed E-state index contributed by atoms with van der Waals surface area (Å²) < 4.78 is 1.71. The molecule has 0 radical (unpaired) electrons. The Bertz CT molecular complexity index is 373. The predicted molar refractivity (Wildman–Crippen MR) is 58.6 cm³/mol. The molecule has 5 heteroatoms. The molecule has 1 heterocycles. The molecule has 5 nitrogen and oxygen atoms in total. The van der Waals surface area contributed by atoms with E-state index < -0.39 is 6.03 Å². The first-order chi connectivity index (χ1) is 7.61. The number of imide groups is 1. The van der Waals surface area contributed by atoms with Gasteiger partial charge in [0.25, 0.3) is 5.91 Å². The number of hydrogen-bond donors (Lipinski definition) is 2. The minimum absolute atomic E-state index is 0.136. The maximum atomic E-state index is 11.4. The van der Waals surface area contributed by atoms with Gasteiger partial charge in [-0.3, -0.25) is 10.1 Å². The van der Waals surface area contributed by atoms with E-state index in [0.29, 0.717) is 6.54 Å². The number of nitrogens with one attached hydrogen (secondary N) is 2. The van der Waals surface area contributed by atoms with Gasteiger partial charge in [0.2, 0.25) is 6.54 Å². The van der Waals surface area contributed by atoms with Gasteiger partial charge in [0.15, 0.2) is 12.4 Å². The van der Waals surface area contributed by atoms with Crippen LogP contribution in [0.3, 0.4) is 0 Å². The number of nitrogens with zero attached hydrogens (tertiary/aromatic N) is 1. The van der Waals surface area contributed by atoms with Gasteiger partial charge in [-0.25, -0.2) is 4.79 Å². The van der Waals surface area contributed by atoms with Crippen LogP contribution in [0.5, 0.6) is 0 Å². The van der Waals surface area contributed by atoms with Crippen LogP contribution in [0.15, 0.2) is 24.5 Å². The van der Waals surface area contributed by atoms with Crippen LogP contribution in [0, 0.1) is 6.92 Å². The normalized spacial score (nSPS) is 9.62. The maximum Gasteiger partial charge on any atom is 0.321 e. The number of urea groups is 1. The summed E-state index contributed by atoms with van der Waals surface area (Å²) in [5.41, 5.74) is 1.13. The summed E-state index contributed by atoms with van der Waals surface area (Å²) in [5, 5.41) is 4.73. The van der Waals surface area contributed by atoms with Crippen LogP contribution in [-0.2, 0) is 11.3 Å². The lowest BCUT2D eigenvalue weighted by Gasteiger charge is -2.02. The van der Waals surface area contributed by atoms with Gasteiger partial charge in [0.1, 0.15) is 0 Å². The Morgan fingerprint density at radius 3 is 2.50 bits per heavy atom. The van der Waals surface area contributed by atoms with Gasteiger partial charge < -0.3 is 5.32 Å². The molecule has 0 aliphatic rings. The minimum atomic E-state index is -0.458. The Balaban J connectivity index is 2.45. The first-order valence-electron chi connectivity index (χ1n) is 5.15. The van der Waals surface area contributed by atoms with E-state index in [4.69, 9.17) is 0 Å². The van der Waals surface area contributed by atoms with Crippen LogP contribution in [0.1, 0.15) is 12.5 Å². The Labute approximate surface area is 94.5 Å². The first kappa shape index (κ1) is 12.2. The Morgan fingerprint density at radius 2 is 1.94 bits per heavy atom. The molecule has 0 fully saturated rings. The number of aryl methyl sites for hydroxylation is 1. The highest BCUT2D eigenvalue weighted by molar-refractivity contribution is 5.93. The average Bonchev–Trinajstić information content (AvgIpc) is 2.21. The highest BCUT2D eigenvalue weighted by atomic mass is 16.2. The Morgan fingerprint density at radius 1 is 1.31 bits per heavy atom. The fourth-order valence-electron chi connectivity index (χ4n) is 1.17. The number of rotatable bonds is 3. The molecule has 0 saturated carbocycles. The molecular formula is C11H16N3O2+. The third-order valence-corrected chi connectivity index (χ3v) is 1.97. The number of pyridine rings is 1. The van der Waals surface area contributed by atoms with Crippen molar-refractivity contribution in [3.05, 3.63) is 30.1 Å². The van der Waals surface area contributed by atoms with Crippen LogP contribution >= 0.6 is 0 Å². The Hall–Kier alpha value is -1.91. The summed E-state index contributed by atoms with van der Waals surface area (Å²) in [6.07, 6.45) is 3.60. The van der Waals surface area contributed by atoms with Crippen LogP contribution in [0.2, 0.25) is 0 Å². The van der Waals surface area contributed by atoms with E-state index in [0.717, 1.165) is 5.56 Å². The lowest BCUT2D eigenvalue weighted by molar-refractivity contribution is -0.684. The lowest BCUT2D eigenvalue weighted by atomic mass is 10.3. The van der Waals surface area contributed by atoms with Crippen LogP contribution in [-0.4, -0.2) is 18.5 Å². The van der Waals surface area contributed by atoms with Crippen molar-refractivity contribution in [3.8, 4) is 0 Å². The number of hydrogen-bond acceptors (Lipinski definition) is 2. The third kappa shape index (κ3) is 4.08. The lowest BCUT2D eigenvalue weighted by Crippen LogP contribution is -2.47. The molecule has 0 atom stereocenters. The summed E-state index contributed by atoms with van der Waals surface area (Å²) in [6, 6.07) is 3.35. The molecule has 0 aliphatic heterocycles. The van der Waals surface area contributed by atoms with Crippen molar-refractivity contribution in [2.75, 3.05) is 6.54 Å². The highest BCUT2D eigenvalue weighted by Gasteiger charge is 2.11. The number of amides is 3. The van der Waals surface area contributed by atoms with Crippen LogP contribution in [0.25, 0.3) is 0 Å². The first-order valence-corrected chi connectivity index (χ1v) is 5.15. The molecule has 0 aliphatic carbocycles. The van der Waals surface area contributed by atoms with Gasteiger partial charge in [-0.05, 0) is 19.4 Å². The molecule has 0 aromatic carbocycles. The summed E-state index contributed by atoms with van der Waals surface area (Å²) in [7, 11) is 0. The zero-order valence-electron chi connectivity index (χ0n) is 9.49. The molecule has 0 saturated heterocycles. The molecule has 1 rings (SSSR count).